The van der Waals surface area contributed by atoms with Gasteiger partial charge in [-0.1, -0.05) is 48.5 Å². The van der Waals surface area contributed by atoms with E-state index in [9.17, 15) is 4.79 Å². The summed E-state index contributed by atoms with van der Waals surface area (Å²) < 4.78 is 0.197. The second-order valence-electron chi connectivity index (χ2n) is 6.92. The zero-order valence-corrected chi connectivity index (χ0v) is 13.7. The molecule has 0 saturated carbocycles. The molecule has 0 heterocycles. The van der Waals surface area contributed by atoms with E-state index in [4.69, 9.17) is 0 Å². The number of carbonyl (C=O) groups is 1. The molecule has 0 N–H and O–H groups in total. The van der Waals surface area contributed by atoms with Crippen LogP contribution in [0.5, 0.6) is 0 Å². The molecule has 0 aromatic heterocycles. The lowest BCUT2D eigenvalue weighted by Crippen LogP contribution is -2.34. The average Bonchev–Trinajstić information content (AvgIpc) is 2.14. The van der Waals surface area contributed by atoms with Gasteiger partial charge in [0.05, 0.1) is 0 Å². The quantitative estimate of drug-likeness (QED) is 0.653. The van der Waals surface area contributed by atoms with E-state index in [2.05, 4.69) is 54.7 Å². The highest BCUT2D eigenvalue weighted by atomic mass is 32.2. The first-order chi connectivity index (χ1) is 7.52. The molecule has 0 amide bonds. The molecule has 0 aliphatic rings. The van der Waals surface area contributed by atoms with Crippen molar-refractivity contribution in [3.8, 4) is 0 Å². The fourth-order valence-corrected chi connectivity index (χ4v) is 3.12. The van der Waals surface area contributed by atoms with Gasteiger partial charge in [0, 0.05) is 16.1 Å². The van der Waals surface area contributed by atoms with E-state index in [1.807, 2.05) is 11.8 Å². The van der Waals surface area contributed by atoms with Crippen molar-refractivity contribution in [1.29, 1.82) is 0 Å². The summed E-state index contributed by atoms with van der Waals surface area (Å²) >= 11 is 1.85. The van der Waals surface area contributed by atoms with Gasteiger partial charge in [0.15, 0.2) is 0 Å². The van der Waals surface area contributed by atoms with Gasteiger partial charge in [-0.2, -0.15) is 11.8 Å². The van der Waals surface area contributed by atoms with E-state index in [1.54, 1.807) is 0 Å². The molecule has 0 aliphatic carbocycles. The first kappa shape index (κ1) is 17.0. The summed E-state index contributed by atoms with van der Waals surface area (Å²) in [4.78, 5) is 12.5. The number of Topliss-reactive ketones (excluding diaryl/α,β-unsaturated/α-hetero) is 1. The molecule has 102 valence electrons. The molecule has 0 rings (SSSR count). The molecule has 2 heteroatoms. The van der Waals surface area contributed by atoms with Gasteiger partial charge in [-0.3, -0.25) is 4.79 Å². The number of thioether (sulfide) groups is 1. The molecule has 0 fully saturated rings. The molecule has 0 radical (unpaired) electrons. The van der Waals surface area contributed by atoms with Crippen LogP contribution in [-0.4, -0.2) is 16.8 Å². The maximum absolute atomic E-state index is 12.5. The summed E-state index contributed by atoms with van der Waals surface area (Å²) in [5, 5.41) is 0. The Balaban J connectivity index is 4.59. The van der Waals surface area contributed by atoms with Crippen LogP contribution in [0.25, 0.3) is 0 Å². The fraction of sp³-hybridized carbons (Fsp3) is 0.933. The summed E-state index contributed by atoms with van der Waals surface area (Å²) in [7, 11) is 0. The van der Waals surface area contributed by atoms with Crippen LogP contribution >= 0.6 is 11.8 Å². The number of hydrogen-bond acceptors (Lipinski definition) is 2. The summed E-state index contributed by atoms with van der Waals surface area (Å²) in [6, 6.07) is 0. The molecular weight excluding hydrogens is 228 g/mol. The second-order valence-corrected chi connectivity index (χ2v) is 8.43. The Morgan fingerprint density at radius 1 is 1.06 bits per heavy atom. The molecule has 0 aliphatic heterocycles. The molecular formula is C15H30OS. The third-order valence-electron chi connectivity index (χ3n) is 3.38. The molecule has 0 aromatic carbocycles. The summed E-state index contributed by atoms with van der Waals surface area (Å²) in [5.74, 6) is 1.16. The third kappa shape index (κ3) is 5.94. The first-order valence-electron chi connectivity index (χ1n) is 6.61. The largest absolute Gasteiger partial charge is 0.299 e. The predicted octanol–water partition coefficient (Wildman–Crippen LogP) is 4.80. The highest BCUT2D eigenvalue weighted by molar-refractivity contribution is 7.99. The number of hydrogen-bond donors (Lipinski definition) is 0. The fourth-order valence-electron chi connectivity index (χ4n) is 2.70. The number of rotatable bonds is 7. The molecule has 0 spiro atoms. The van der Waals surface area contributed by atoms with Gasteiger partial charge in [-0.15, -0.1) is 0 Å². The molecule has 1 nitrogen and oxygen atoms in total. The van der Waals surface area contributed by atoms with Gasteiger partial charge in [0.25, 0.3) is 0 Å². The van der Waals surface area contributed by atoms with E-state index >= 15 is 0 Å². The van der Waals surface area contributed by atoms with E-state index in [0.29, 0.717) is 11.7 Å². The van der Waals surface area contributed by atoms with Crippen molar-refractivity contribution in [2.24, 2.45) is 17.3 Å². The normalized spacial score (nSPS) is 15.1. The Labute approximate surface area is 112 Å². The maximum atomic E-state index is 12.5. The highest BCUT2D eigenvalue weighted by Crippen LogP contribution is 2.35. The summed E-state index contributed by atoms with van der Waals surface area (Å²) in [6.45, 7) is 15.1. The topological polar surface area (TPSA) is 17.1 Å². The summed E-state index contributed by atoms with van der Waals surface area (Å²) in [6.07, 6.45) is 4.07. The minimum Gasteiger partial charge on any atom is -0.299 e. The van der Waals surface area contributed by atoms with Crippen LogP contribution < -0.4 is 0 Å². The van der Waals surface area contributed by atoms with Crippen molar-refractivity contribution in [1.82, 2.24) is 0 Å². The van der Waals surface area contributed by atoms with Gasteiger partial charge in [-0.25, -0.2) is 0 Å². The van der Waals surface area contributed by atoms with Crippen LogP contribution in [-0.2, 0) is 4.79 Å². The van der Waals surface area contributed by atoms with Gasteiger partial charge in [0.1, 0.15) is 5.78 Å². The van der Waals surface area contributed by atoms with E-state index in [1.165, 1.54) is 0 Å². The minimum atomic E-state index is -0.179. The number of ketones is 1. The zero-order chi connectivity index (χ0) is 13.9. The van der Waals surface area contributed by atoms with Crippen LogP contribution in [0.2, 0.25) is 0 Å². The van der Waals surface area contributed by atoms with E-state index in [-0.39, 0.29) is 16.1 Å². The van der Waals surface area contributed by atoms with Crippen LogP contribution in [0.3, 0.4) is 0 Å². The maximum Gasteiger partial charge on any atom is 0.141 e. The smallest absolute Gasteiger partial charge is 0.141 e. The van der Waals surface area contributed by atoms with Gasteiger partial charge < -0.3 is 0 Å². The number of carbonyl (C=O) groups excluding carboxylic acids is 1. The van der Waals surface area contributed by atoms with Crippen LogP contribution in [0, 0.1) is 17.3 Å². The van der Waals surface area contributed by atoms with Gasteiger partial charge in [-0.05, 0) is 25.0 Å². The highest BCUT2D eigenvalue weighted by Gasteiger charge is 2.34. The Hall–Kier alpha value is 0.0200. The third-order valence-corrected chi connectivity index (χ3v) is 4.66. The first-order valence-corrected chi connectivity index (χ1v) is 7.84. The lowest BCUT2D eigenvalue weighted by Gasteiger charge is -2.32. The predicted molar refractivity (Wildman–Crippen MR) is 79.6 cm³/mol. The Bertz CT molecular complexity index is 254. The minimum absolute atomic E-state index is 0.159. The molecule has 1 unspecified atom stereocenters. The van der Waals surface area contributed by atoms with Crippen LogP contribution in [0.1, 0.15) is 61.3 Å². The molecule has 0 bridgehead atoms. The lowest BCUT2D eigenvalue weighted by atomic mass is 9.74. The summed E-state index contributed by atoms with van der Waals surface area (Å²) in [5.41, 5.74) is -0.179. The second kappa shape index (κ2) is 6.26. The van der Waals surface area contributed by atoms with Crippen LogP contribution in [0.15, 0.2) is 0 Å². The van der Waals surface area contributed by atoms with Crippen molar-refractivity contribution in [3.63, 3.8) is 0 Å². The van der Waals surface area contributed by atoms with Crippen LogP contribution in [0.4, 0.5) is 0 Å². The Morgan fingerprint density at radius 3 is 1.88 bits per heavy atom. The van der Waals surface area contributed by atoms with Gasteiger partial charge >= 0.3 is 0 Å². The van der Waals surface area contributed by atoms with Gasteiger partial charge in [0.2, 0.25) is 0 Å². The Morgan fingerprint density at radius 2 is 1.53 bits per heavy atom. The van der Waals surface area contributed by atoms with Crippen molar-refractivity contribution in [3.05, 3.63) is 0 Å². The molecule has 17 heavy (non-hydrogen) atoms. The SMILES string of the molecule is CSC(C)(C)CC(C)C(=O)C(C)(C)CC(C)C. The van der Waals surface area contributed by atoms with Crippen molar-refractivity contribution in [2.75, 3.05) is 6.26 Å². The zero-order valence-electron chi connectivity index (χ0n) is 12.9. The van der Waals surface area contributed by atoms with E-state index < -0.39 is 0 Å². The monoisotopic (exact) mass is 258 g/mol. The molecule has 1 atom stereocenters. The van der Waals surface area contributed by atoms with E-state index in [0.717, 1.165) is 12.8 Å². The van der Waals surface area contributed by atoms with Crippen molar-refractivity contribution in [2.45, 2.75) is 66.1 Å². The Kier molecular flexibility index (Phi) is 6.27. The molecule has 0 aromatic rings. The van der Waals surface area contributed by atoms with Crippen molar-refractivity contribution >= 4 is 17.5 Å². The van der Waals surface area contributed by atoms with Crippen molar-refractivity contribution < 1.29 is 4.79 Å². The average molecular weight is 258 g/mol. The lowest BCUT2D eigenvalue weighted by molar-refractivity contribution is -0.131. The standard InChI is InChI=1S/C15H30OS/c1-11(2)9-14(4,5)13(16)12(3)10-15(6,7)17-8/h11-12H,9-10H2,1-8H3. The molecule has 0 saturated heterocycles.